The number of hydrogen-bond donors (Lipinski definition) is 3. The summed E-state index contributed by atoms with van der Waals surface area (Å²) in [6.45, 7) is 0. The molecular weight excluding hydrogens is 267 g/mol. The molecule has 5 N–H and O–H groups in total. The number of halogens is 2. The molecule has 2 aromatic rings. The number of H-pyrrole nitrogens is 1. The van der Waals surface area contributed by atoms with Gasteiger partial charge in [0.25, 0.3) is 0 Å². The fourth-order valence-electron chi connectivity index (χ4n) is 2.34. The van der Waals surface area contributed by atoms with Crippen molar-refractivity contribution in [1.29, 1.82) is 0 Å². The molecule has 2 unspecified atom stereocenters. The van der Waals surface area contributed by atoms with E-state index in [-0.39, 0.29) is 0 Å². The van der Waals surface area contributed by atoms with Crippen molar-refractivity contribution >= 4 is 22.6 Å². The summed E-state index contributed by atoms with van der Waals surface area (Å²) in [4.78, 5) is 7.01. The summed E-state index contributed by atoms with van der Waals surface area (Å²) in [5.74, 6) is 0. The minimum Gasteiger partial charge on any atom is -0.399 e. The van der Waals surface area contributed by atoms with Gasteiger partial charge >= 0.3 is 0 Å². The van der Waals surface area contributed by atoms with Crippen LogP contribution in [0.15, 0.2) is 42.4 Å². The standard InChI is InChI=1S/C13H12ClFN4/c14-9-6-19-12-11(9)8(3-4-18-12)13(15)5-7(16)1-2-10(13)17/h1-6,10H,16-17H2,(H,18,19). The molecule has 1 aliphatic carbocycles. The van der Waals surface area contributed by atoms with Crippen molar-refractivity contribution in [2.24, 2.45) is 11.5 Å². The Morgan fingerprint density at radius 3 is 3.05 bits per heavy atom. The predicted molar refractivity (Wildman–Crippen MR) is 73.3 cm³/mol. The van der Waals surface area contributed by atoms with Crippen LogP contribution in [0.4, 0.5) is 4.39 Å². The van der Waals surface area contributed by atoms with Gasteiger partial charge in [-0.05, 0) is 18.2 Å². The Bertz CT molecular complexity index is 706. The minimum atomic E-state index is -1.90. The molecule has 19 heavy (non-hydrogen) atoms. The molecule has 0 radical (unpaired) electrons. The Hall–Kier alpha value is -1.85. The van der Waals surface area contributed by atoms with Gasteiger partial charge in [0.05, 0.1) is 11.1 Å². The number of rotatable bonds is 1. The lowest BCUT2D eigenvalue weighted by Crippen LogP contribution is -2.41. The van der Waals surface area contributed by atoms with Crippen LogP contribution in [0.1, 0.15) is 5.56 Å². The van der Waals surface area contributed by atoms with Crippen molar-refractivity contribution in [1.82, 2.24) is 9.97 Å². The fourth-order valence-corrected chi connectivity index (χ4v) is 2.58. The lowest BCUT2D eigenvalue weighted by atomic mass is 9.83. The van der Waals surface area contributed by atoms with Gasteiger partial charge in [-0.2, -0.15) is 0 Å². The van der Waals surface area contributed by atoms with Crippen molar-refractivity contribution in [3.63, 3.8) is 0 Å². The van der Waals surface area contributed by atoms with Gasteiger partial charge in [-0.1, -0.05) is 17.7 Å². The number of nitrogens with zero attached hydrogens (tertiary/aromatic N) is 1. The van der Waals surface area contributed by atoms with Crippen LogP contribution in [-0.4, -0.2) is 16.0 Å². The predicted octanol–water partition coefficient (Wildman–Crippen LogP) is 2.12. The number of nitrogens with two attached hydrogens (primary N) is 2. The molecule has 0 aromatic carbocycles. The first-order chi connectivity index (χ1) is 9.02. The minimum absolute atomic E-state index is 0.334. The molecule has 1 aliphatic rings. The van der Waals surface area contributed by atoms with Crippen molar-refractivity contribution in [2.45, 2.75) is 11.7 Å². The Kier molecular flexibility index (Phi) is 2.62. The Labute approximate surface area is 113 Å². The summed E-state index contributed by atoms with van der Waals surface area (Å²) >= 11 is 6.09. The molecule has 4 nitrogen and oxygen atoms in total. The summed E-state index contributed by atoms with van der Waals surface area (Å²) in [5, 5.41) is 0.935. The lowest BCUT2D eigenvalue weighted by molar-refractivity contribution is 0.209. The van der Waals surface area contributed by atoms with Gasteiger partial charge in [0, 0.05) is 29.0 Å². The van der Waals surface area contributed by atoms with Crippen molar-refractivity contribution in [3.8, 4) is 0 Å². The quantitative estimate of drug-likeness (QED) is 0.747. The average Bonchev–Trinajstić information content (AvgIpc) is 2.76. The third-order valence-corrected chi connectivity index (χ3v) is 3.59. The number of allylic oxidation sites excluding steroid dienone is 1. The van der Waals surface area contributed by atoms with Crippen LogP contribution in [0, 0.1) is 0 Å². The molecule has 0 bridgehead atoms. The normalized spacial score (nSPS) is 26.7. The van der Waals surface area contributed by atoms with Gasteiger partial charge in [0.15, 0.2) is 5.67 Å². The van der Waals surface area contributed by atoms with Crippen LogP contribution < -0.4 is 11.5 Å². The van der Waals surface area contributed by atoms with E-state index in [1.807, 2.05) is 0 Å². The second-order valence-electron chi connectivity index (χ2n) is 4.52. The van der Waals surface area contributed by atoms with Crippen LogP contribution >= 0.6 is 11.6 Å². The van der Waals surface area contributed by atoms with E-state index >= 15 is 4.39 Å². The highest BCUT2D eigenvalue weighted by molar-refractivity contribution is 6.35. The highest BCUT2D eigenvalue weighted by Gasteiger charge is 2.39. The smallest absolute Gasteiger partial charge is 0.175 e. The number of aromatic nitrogens is 2. The molecular formula is C13H12ClFN4. The van der Waals surface area contributed by atoms with Gasteiger partial charge in [-0.15, -0.1) is 0 Å². The second kappa shape index (κ2) is 4.08. The van der Waals surface area contributed by atoms with Crippen LogP contribution in [0.2, 0.25) is 5.02 Å². The molecule has 6 heteroatoms. The Morgan fingerprint density at radius 1 is 1.47 bits per heavy atom. The molecule has 2 heterocycles. The summed E-state index contributed by atoms with van der Waals surface area (Å²) in [6, 6.07) is 0.751. The molecule has 0 saturated carbocycles. The first kappa shape index (κ1) is 12.2. The number of fused-ring (bicyclic) bond motifs is 1. The molecule has 0 aliphatic heterocycles. The maximum Gasteiger partial charge on any atom is 0.175 e. The average molecular weight is 279 g/mol. The first-order valence-electron chi connectivity index (χ1n) is 5.75. The third kappa shape index (κ3) is 1.74. The summed E-state index contributed by atoms with van der Waals surface area (Å²) in [6.07, 6.45) is 7.54. The maximum absolute atomic E-state index is 15.3. The Morgan fingerprint density at radius 2 is 2.26 bits per heavy atom. The molecule has 3 rings (SSSR count). The maximum atomic E-state index is 15.3. The monoisotopic (exact) mass is 278 g/mol. The topological polar surface area (TPSA) is 80.7 Å². The number of aromatic amines is 1. The number of nitrogens with one attached hydrogen (secondary N) is 1. The van der Waals surface area contributed by atoms with Gasteiger partial charge in [0.2, 0.25) is 0 Å². The van der Waals surface area contributed by atoms with Crippen LogP contribution in [-0.2, 0) is 5.67 Å². The van der Waals surface area contributed by atoms with Gasteiger partial charge < -0.3 is 16.5 Å². The van der Waals surface area contributed by atoms with Gasteiger partial charge in [-0.25, -0.2) is 9.37 Å². The van der Waals surface area contributed by atoms with Crippen molar-refractivity contribution in [2.75, 3.05) is 0 Å². The van der Waals surface area contributed by atoms with Crippen LogP contribution in [0.25, 0.3) is 11.0 Å². The molecule has 2 aromatic heterocycles. The van der Waals surface area contributed by atoms with E-state index < -0.39 is 11.7 Å². The van der Waals surface area contributed by atoms with E-state index in [9.17, 15) is 0 Å². The van der Waals surface area contributed by atoms with Gasteiger partial charge in [-0.3, -0.25) is 0 Å². The molecule has 0 fully saturated rings. The van der Waals surface area contributed by atoms with E-state index in [4.69, 9.17) is 23.1 Å². The zero-order valence-electron chi connectivity index (χ0n) is 9.90. The number of pyridine rings is 1. The van der Waals surface area contributed by atoms with Gasteiger partial charge in [0.1, 0.15) is 5.65 Å². The largest absolute Gasteiger partial charge is 0.399 e. The van der Waals surface area contributed by atoms with E-state index in [1.165, 1.54) is 12.3 Å². The molecule has 0 amide bonds. The first-order valence-corrected chi connectivity index (χ1v) is 6.13. The van der Waals surface area contributed by atoms with Crippen LogP contribution in [0.5, 0.6) is 0 Å². The number of hydrogen-bond acceptors (Lipinski definition) is 3. The zero-order valence-corrected chi connectivity index (χ0v) is 10.7. The van der Waals surface area contributed by atoms with E-state index in [1.54, 1.807) is 24.4 Å². The molecule has 0 saturated heterocycles. The van der Waals surface area contributed by atoms with Crippen molar-refractivity contribution < 1.29 is 4.39 Å². The second-order valence-corrected chi connectivity index (χ2v) is 4.92. The van der Waals surface area contributed by atoms with E-state index in [2.05, 4.69) is 9.97 Å². The van der Waals surface area contributed by atoms with E-state index in [0.717, 1.165) is 0 Å². The van der Waals surface area contributed by atoms with Crippen molar-refractivity contribution in [3.05, 3.63) is 53.0 Å². The summed E-state index contributed by atoms with van der Waals surface area (Å²) in [7, 11) is 0. The molecule has 0 spiro atoms. The fraction of sp³-hybridized carbons (Fsp3) is 0.154. The Balaban J connectivity index is 2.29. The SMILES string of the molecule is NC1=CC(F)(c2ccnc3[nH]cc(Cl)c23)C(N)C=C1. The summed E-state index contributed by atoms with van der Waals surface area (Å²) in [5.41, 5.74) is 10.9. The highest BCUT2D eigenvalue weighted by Crippen LogP contribution is 2.40. The number of alkyl halides is 1. The van der Waals surface area contributed by atoms with E-state index in [0.29, 0.717) is 27.3 Å². The summed E-state index contributed by atoms with van der Waals surface area (Å²) < 4.78 is 15.3. The third-order valence-electron chi connectivity index (χ3n) is 3.30. The highest BCUT2D eigenvalue weighted by atomic mass is 35.5. The van der Waals surface area contributed by atoms with Crippen LogP contribution in [0.3, 0.4) is 0 Å². The molecule has 98 valence electrons. The molecule has 2 atom stereocenters. The lowest BCUT2D eigenvalue weighted by Gasteiger charge is -2.30. The zero-order chi connectivity index (χ0) is 13.6.